The highest BCUT2D eigenvalue weighted by molar-refractivity contribution is 5.58. The van der Waals surface area contributed by atoms with Gasteiger partial charge in [0.15, 0.2) is 6.79 Å². The number of hydrogen-bond acceptors (Lipinski definition) is 5. The van der Waals surface area contributed by atoms with Crippen LogP contribution in [0.15, 0.2) is 18.2 Å². The van der Waals surface area contributed by atoms with Gasteiger partial charge in [0.2, 0.25) is 0 Å². The molecule has 0 N–H and O–H groups in total. The SMILES string of the molecule is COCOc1ccc2c(c1)C[C@@H](C=O)C1C2CC[C@@]2(C)C1CC[C@@H]2OCOC. The predicted molar refractivity (Wildman–Crippen MR) is 105 cm³/mol. The fraction of sp³-hybridized carbons (Fsp3) is 0.696. The van der Waals surface area contributed by atoms with Gasteiger partial charge in [0.1, 0.15) is 18.8 Å². The Morgan fingerprint density at radius 1 is 1.14 bits per heavy atom. The normalized spacial score (nSPS) is 36.3. The van der Waals surface area contributed by atoms with E-state index in [1.54, 1.807) is 14.2 Å². The van der Waals surface area contributed by atoms with Crippen LogP contribution in [0.25, 0.3) is 0 Å². The van der Waals surface area contributed by atoms with Gasteiger partial charge in [-0.2, -0.15) is 0 Å². The highest BCUT2D eigenvalue weighted by Crippen LogP contribution is 2.62. The molecule has 28 heavy (non-hydrogen) atoms. The highest BCUT2D eigenvalue weighted by atomic mass is 16.7. The summed E-state index contributed by atoms with van der Waals surface area (Å²) in [7, 11) is 3.30. The second kappa shape index (κ2) is 8.13. The molecule has 5 heteroatoms. The van der Waals surface area contributed by atoms with E-state index in [1.165, 1.54) is 17.4 Å². The molecular formula is C23H32O5. The number of carbonyl (C=O) groups is 1. The molecule has 0 bridgehead atoms. The lowest BCUT2D eigenvalue weighted by Gasteiger charge is -2.52. The molecule has 6 atom stereocenters. The zero-order valence-corrected chi connectivity index (χ0v) is 17.2. The van der Waals surface area contributed by atoms with Crippen molar-refractivity contribution in [2.75, 3.05) is 27.8 Å². The van der Waals surface area contributed by atoms with Crippen molar-refractivity contribution in [3.8, 4) is 5.75 Å². The van der Waals surface area contributed by atoms with Gasteiger partial charge in [0, 0.05) is 20.1 Å². The molecule has 0 aliphatic heterocycles. The van der Waals surface area contributed by atoms with Crippen molar-refractivity contribution < 1.29 is 23.7 Å². The minimum Gasteiger partial charge on any atom is -0.468 e. The summed E-state index contributed by atoms with van der Waals surface area (Å²) in [4.78, 5) is 12.1. The Balaban J connectivity index is 1.62. The third-order valence-corrected chi connectivity index (χ3v) is 7.61. The maximum atomic E-state index is 12.1. The van der Waals surface area contributed by atoms with E-state index in [-0.39, 0.29) is 24.2 Å². The van der Waals surface area contributed by atoms with Crippen molar-refractivity contribution in [3.63, 3.8) is 0 Å². The van der Waals surface area contributed by atoms with E-state index in [2.05, 4.69) is 19.1 Å². The molecule has 1 aromatic carbocycles. The second-order valence-corrected chi connectivity index (χ2v) is 8.89. The van der Waals surface area contributed by atoms with E-state index in [4.69, 9.17) is 18.9 Å². The van der Waals surface area contributed by atoms with Gasteiger partial charge in [-0.25, -0.2) is 0 Å². The number of ether oxygens (including phenoxy) is 4. The molecule has 3 unspecified atom stereocenters. The third-order valence-electron chi connectivity index (χ3n) is 7.61. The van der Waals surface area contributed by atoms with Crippen LogP contribution in [0, 0.1) is 23.2 Å². The van der Waals surface area contributed by atoms with Crippen molar-refractivity contribution in [3.05, 3.63) is 29.3 Å². The zero-order chi connectivity index (χ0) is 19.7. The average molecular weight is 389 g/mol. The Morgan fingerprint density at radius 2 is 1.96 bits per heavy atom. The van der Waals surface area contributed by atoms with Crippen LogP contribution in [0.1, 0.15) is 49.7 Å². The Hall–Kier alpha value is -1.43. The van der Waals surface area contributed by atoms with E-state index < -0.39 is 0 Å². The molecule has 0 spiro atoms. The maximum absolute atomic E-state index is 12.1. The molecule has 3 aliphatic carbocycles. The number of aldehydes is 1. The molecule has 0 saturated heterocycles. The largest absolute Gasteiger partial charge is 0.468 e. The molecule has 2 fully saturated rings. The number of rotatable bonds is 7. The summed E-state index contributed by atoms with van der Waals surface area (Å²) in [5.41, 5.74) is 2.82. The molecule has 0 radical (unpaired) electrons. The summed E-state index contributed by atoms with van der Waals surface area (Å²) < 4.78 is 21.9. The van der Waals surface area contributed by atoms with Gasteiger partial charge in [0.05, 0.1) is 6.10 Å². The van der Waals surface area contributed by atoms with Crippen LogP contribution in [0.5, 0.6) is 5.75 Å². The first-order valence-electron chi connectivity index (χ1n) is 10.4. The van der Waals surface area contributed by atoms with Gasteiger partial charge in [-0.15, -0.1) is 0 Å². The standard InChI is InChI=1S/C23H32O5/c1-23-9-8-19-18-5-4-17(27-13-25-2)11-15(18)10-16(12-24)22(19)20(23)6-7-21(23)28-14-26-3/h4-5,11-12,16,19-22H,6-10,13-14H2,1-3H3/t16-,19?,20?,21-,22?,23-/m0/s1. The van der Waals surface area contributed by atoms with Crippen LogP contribution in [-0.4, -0.2) is 40.2 Å². The Kier molecular flexibility index (Phi) is 5.77. The Morgan fingerprint density at radius 3 is 2.71 bits per heavy atom. The summed E-state index contributed by atoms with van der Waals surface area (Å²) in [6, 6.07) is 6.37. The summed E-state index contributed by atoms with van der Waals surface area (Å²) in [5, 5.41) is 0. The molecule has 0 amide bonds. The Bertz CT molecular complexity index is 704. The molecule has 154 valence electrons. The lowest BCUT2D eigenvalue weighted by atomic mass is 9.52. The number of fused-ring (bicyclic) bond motifs is 5. The fourth-order valence-electron chi connectivity index (χ4n) is 6.40. The lowest BCUT2D eigenvalue weighted by molar-refractivity contribution is -0.132. The first kappa shape index (κ1) is 19.9. The van der Waals surface area contributed by atoms with E-state index in [9.17, 15) is 4.79 Å². The lowest BCUT2D eigenvalue weighted by Crippen LogP contribution is -2.48. The van der Waals surface area contributed by atoms with Crippen LogP contribution >= 0.6 is 0 Å². The molecule has 0 aromatic heterocycles. The summed E-state index contributed by atoms with van der Waals surface area (Å²) in [6.07, 6.45) is 6.70. The van der Waals surface area contributed by atoms with Crippen molar-refractivity contribution in [1.82, 2.24) is 0 Å². The van der Waals surface area contributed by atoms with Gasteiger partial charge >= 0.3 is 0 Å². The molecule has 3 aliphatic rings. The molecule has 1 aromatic rings. The smallest absolute Gasteiger partial charge is 0.188 e. The monoisotopic (exact) mass is 388 g/mol. The number of carbonyl (C=O) groups excluding carboxylic acids is 1. The van der Waals surface area contributed by atoms with E-state index in [1.807, 2.05) is 6.07 Å². The number of methoxy groups -OCH3 is 2. The fourth-order valence-corrected chi connectivity index (χ4v) is 6.40. The quantitative estimate of drug-likeness (QED) is 0.523. The van der Waals surface area contributed by atoms with Gasteiger partial charge in [-0.3, -0.25) is 0 Å². The number of hydrogen-bond donors (Lipinski definition) is 0. The summed E-state index contributed by atoms with van der Waals surface area (Å²) in [5.74, 6) is 2.28. The topological polar surface area (TPSA) is 54.0 Å². The first-order valence-corrected chi connectivity index (χ1v) is 10.4. The minimum absolute atomic E-state index is 0.0703. The predicted octanol–water partition coefficient (Wildman–Crippen LogP) is 3.94. The molecule has 2 saturated carbocycles. The zero-order valence-electron chi connectivity index (χ0n) is 17.2. The molecular weight excluding hydrogens is 356 g/mol. The van der Waals surface area contributed by atoms with Crippen LogP contribution in [0.3, 0.4) is 0 Å². The second-order valence-electron chi connectivity index (χ2n) is 8.89. The molecule has 4 rings (SSSR count). The van der Waals surface area contributed by atoms with Gasteiger partial charge < -0.3 is 23.7 Å². The summed E-state index contributed by atoms with van der Waals surface area (Å²) >= 11 is 0. The first-order chi connectivity index (χ1) is 13.6. The van der Waals surface area contributed by atoms with Crippen LogP contribution in [0.4, 0.5) is 0 Å². The molecule has 0 heterocycles. The van der Waals surface area contributed by atoms with E-state index in [0.717, 1.165) is 37.9 Å². The van der Waals surface area contributed by atoms with E-state index >= 15 is 0 Å². The van der Waals surface area contributed by atoms with Crippen molar-refractivity contribution in [2.45, 2.75) is 51.0 Å². The minimum atomic E-state index is 0.0703. The molecule has 5 nitrogen and oxygen atoms in total. The van der Waals surface area contributed by atoms with Crippen molar-refractivity contribution >= 4 is 6.29 Å². The van der Waals surface area contributed by atoms with Crippen LogP contribution in [0.2, 0.25) is 0 Å². The summed E-state index contributed by atoms with van der Waals surface area (Å²) in [6.45, 7) is 2.97. The maximum Gasteiger partial charge on any atom is 0.188 e. The van der Waals surface area contributed by atoms with Crippen LogP contribution < -0.4 is 4.74 Å². The highest BCUT2D eigenvalue weighted by Gasteiger charge is 2.57. The number of benzene rings is 1. The van der Waals surface area contributed by atoms with Crippen LogP contribution in [-0.2, 0) is 25.4 Å². The third kappa shape index (κ3) is 3.27. The van der Waals surface area contributed by atoms with Crippen molar-refractivity contribution in [1.29, 1.82) is 0 Å². The van der Waals surface area contributed by atoms with Gasteiger partial charge in [-0.1, -0.05) is 13.0 Å². The van der Waals surface area contributed by atoms with Gasteiger partial charge in [-0.05, 0) is 78.5 Å². The van der Waals surface area contributed by atoms with E-state index in [0.29, 0.717) is 24.5 Å². The van der Waals surface area contributed by atoms with Crippen molar-refractivity contribution in [2.24, 2.45) is 23.2 Å². The Labute approximate surface area is 167 Å². The van der Waals surface area contributed by atoms with Gasteiger partial charge in [0.25, 0.3) is 0 Å². The average Bonchev–Trinajstić information content (AvgIpc) is 3.05.